The Morgan fingerprint density at radius 3 is 2.69 bits per heavy atom. The first kappa shape index (κ1) is 9.78. The smallest absolute Gasteiger partial charge is 0.216 e. The molecule has 1 aromatic rings. The first-order valence-corrected chi connectivity index (χ1v) is 4.42. The number of benzene rings is 1. The van der Waals surface area contributed by atoms with Gasteiger partial charge < -0.3 is 5.32 Å². The zero-order chi connectivity index (χ0) is 9.52. The first-order chi connectivity index (χ1) is 6.29. The van der Waals surface area contributed by atoms with Crippen LogP contribution in [-0.4, -0.2) is 12.5 Å². The molecule has 1 amide bonds. The highest BCUT2D eigenvalue weighted by atomic mass is 16.1. The van der Waals surface area contributed by atoms with E-state index in [1.54, 1.807) is 0 Å². The minimum Gasteiger partial charge on any atom is -0.356 e. The van der Waals surface area contributed by atoms with Gasteiger partial charge in [-0.05, 0) is 18.4 Å². The fourth-order valence-electron chi connectivity index (χ4n) is 1.08. The van der Waals surface area contributed by atoms with Gasteiger partial charge >= 0.3 is 0 Å². The molecule has 0 aromatic heterocycles. The highest BCUT2D eigenvalue weighted by molar-refractivity contribution is 5.72. The van der Waals surface area contributed by atoms with Gasteiger partial charge in [-0.1, -0.05) is 30.3 Å². The predicted molar refractivity (Wildman–Crippen MR) is 53.1 cm³/mol. The lowest BCUT2D eigenvalue weighted by Gasteiger charge is -2.01. The fourth-order valence-corrected chi connectivity index (χ4v) is 1.08. The standard InChI is InChI=1S/C11H14NO/c1-10(13)12-9-5-8-11-6-3-2-4-7-11/h2-4,6-8H,5,9H2,1H3,(H,12,13). The lowest BCUT2D eigenvalue weighted by molar-refractivity contribution is -0.118. The molecule has 0 aliphatic heterocycles. The maximum absolute atomic E-state index is 10.5. The molecule has 0 saturated heterocycles. The van der Waals surface area contributed by atoms with Crippen LogP contribution in [-0.2, 0) is 4.79 Å². The van der Waals surface area contributed by atoms with E-state index < -0.39 is 0 Å². The topological polar surface area (TPSA) is 29.1 Å². The normalized spacial score (nSPS) is 9.62. The summed E-state index contributed by atoms with van der Waals surface area (Å²) < 4.78 is 0. The van der Waals surface area contributed by atoms with Gasteiger partial charge in [0.2, 0.25) is 5.91 Å². The average molecular weight is 176 g/mol. The Morgan fingerprint density at radius 1 is 1.38 bits per heavy atom. The quantitative estimate of drug-likeness (QED) is 0.696. The summed E-state index contributed by atoms with van der Waals surface area (Å²) >= 11 is 0. The molecule has 13 heavy (non-hydrogen) atoms. The van der Waals surface area contributed by atoms with Gasteiger partial charge in [-0.15, -0.1) is 0 Å². The molecule has 0 saturated carbocycles. The molecule has 1 radical (unpaired) electrons. The number of rotatable bonds is 4. The van der Waals surface area contributed by atoms with Crippen LogP contribution in [0.25, 0.3) is 0 Å². The molecule has 1 rings (SSSR count). The van der Waals surface area contributed by atoms with Gasteiger partial charge in [-0.25, -0.2) is 0 Å². The molecule has 1 aromatic carbocycles. The van der Waals surface area contributed by atoms with Crippen molar-refractivity contribution in [2.24, 2.45) is 0 Å². The highest BCUT2D eigenvalue weighted by Crippen LogP contribution is 2.03. The van der Waals surface area contributed by atoms with Gasteiger partial charge in [0.1, 0.15) is 0 Å². The van der Waals surface area contributed by atoms with Crippen molar-refractivity contribution in [2.75, 3.05) is 6.54 Å². The van der Waals surface area contributed by atoms with E-state index in [9.17, 15) is 4.79 Å². The van der Waals surface area contributed by atoms with Crippen molar-refractivity contribution in [3.8, 4) is 0 Å². The van der Waals surface area contributed by atoms with Gasteiger partial charge in [0.15, 0.2) is 0 Å². The van der Waals surface area contributed by atoms with E-state index in [2.05, 4.69) is 11.7 Å². The SMILES string of the molecule is CC(=O)NCC[CH]c1ccccc1. The van der Waals surface area contributed by atoms with E-state index in [4.69, 9.17) is 0 Å². The van der Waals surface area contributed by atoms with E-state index in [1.807, 2.05) is 30.3 Å². The van der Waals surface area contributed by atoms with E-state index in [0.717, 1.165) is 6.42 Å². The fraction of sp³-hybridized carbons (Fsp3) is 0.273. The molecule has 0 bridgehead atoms. The second-order valence-corrected chi connectivity index (χ2v) is 2.89. The number of carbonyl (C=O) groups is 1. The van der Waals surface area contributed by atoms with Gasteiger partial charge in [-0.2, -0.15) is 0 Å². The summed E-state index contributed by atoms with van der Waals surface area (Å²) in [5.41, 5.74) is 1.20. The Morgan fingerprint density at radius 2 is 2.08 bits per heavy atom. The Balaban J connectivity index is 2.17. The molecule has 2 nitrogen and oxygen atoms in total. The Labute approximate surface area is 79.0 Å². The number of amides is 1. The van der Waals surface area contributed by atoms with Crippen LogP contribution in [0.1, 0.15) is 18.9 Å². The maximum Gasteiger partial charge on any atom is 0.216 e. The largest absolute Gasteiger partial charge is 0.356 e. The second kappa shape index (κ2) is 5.36. The van der Waals surface area contributed by atoms with Crippen molar-refractivity contribution in [1.29, 1.82) is 0 Å². The Bertz CT molecular complexity index is 256. The minimum absolute atomic E-state index is 0.0291. The van der Waals surface area contributed by atoms with Gasteiger partial charge in [0, 0.05) is 13.5 Å². The number of hydrogen-bond acceptors (Lipinski definition) is 1. The summed E-state index contributed by atoms with van der Waals surface area (Å²) in [4.78, 5) is 10.5. The first-order valence-electron chi connectivity index (χ1n) is 4.42. The van der Waals surface area contributed by atoms with Crippen molar-refractivity contribution in [3.63, 3.8) is 0 Å². The molecule has 0 aliphatic rings. The van der Waals surface area contributed by atoms with Crippen LogP contribution in [0.3, 0.4) is 0 Å². The molecule has 0 aliphatic carbocycles. The lowest BCUT2D eigenvalue weighted by atomic mass is 10.1. The molecule has 1 N–H and O–H groups in total. The van der Waals surface area contributed by atoms with Gasteiger partial charge in [-0.3, -0.25) is 4.79 Å². The molecule has 0 fully saturated rings. The molecular weight excluding hydrogens is 162 g/mol. The maximum atomic E-state index is 10.5. The van der Waals surface area contributed by atoms with E-state index in [-0.39, 0.29) is 5.91 Å². The monoisotopic (exact) mass is 176 g/mol. The third kappa shape index (κ3) is 4.31. The molecule has 0 heterocycles. The van der Waals surface area contributed by atoms with Crippen LogP contribution in [0.4, 0.5) is 0 Å². The number of carbonyl (C=O) groups excluding carboxylic acids is 1. The zero-order valence-corrected chi connectivity index (χ0v) is 7.79. The van der Waals surface area contributed by atoms with Crippen LogP contribution in [0, 0.1) is 6.42 Å². The van der Waals surface area contributed by atoms with Crippen LogP contribution < -0.4 is 5.32 Å². The average Bonchev–Trinajstić information content (AvgIpc) is 2.14. The number of hydrogen-bond donors (Lipinski definition) is 1. The summed E-state index contributed by atoms with van der Waals surface area (Å²) in [6.07, 6.45) is 2.99. The van der Waals surface area contributed by atoms with E-state index >= 15 is 0 Å². The van der Waals surface area contributed by atoms with Gasteiger partial charge in [0.25, 0.3) is 0 Å². The van der Waals surface area contributed by atoms with Crippen LogP contribution in [0.15, 0.2) is 30.3 Å². The number of nitrogens with one attached hydrogen (secondary N) is 1. The molecule has 69 valence electrons. The van der Waals surface area contributed by atoms with Gasteiger partial charge in [0.05, 0.1) is 0 Å². The summed E-state index contributed by atoms with van der Waals surface area (Å²) in [7, 11) is 0. The third-order valence-electron chi connectivity index (χ3n) is 1.70. The molecular formula is C11H14NO. The van der Waals surface area contributed by atoms with Crippen molar-refractivity contribution in [1.82, 2.24) is 5.32 Å². The molecule has 0 unspecified atom stereocenters. The lowest BCUT2D eigenvalue weighted by Crippen LogP contribution is -2.20. The molecule has 2 heteroatoms. The van der Waals surface area contributed by atoms with E-state index in [1.165, 1.54) is 12.5 Å². The van der Waals surface area contributed by atoms with Crippen LogP contribution in [0.2, 0.25) is 0 Å². The highest BCUT2D eigenvalue weighted by Gasteiger charge is 1.93. The zero-order valence-electron chi connectivity index (χ0n) is 7.79. The second-order valence-electron chi connectivity index (χ2n) is 2.89. The van der Waals surface area contributed by atoms with Crippen LogP contribution in [0.5, 0.6) is 0 Å². The van der Waals surface area contributed by atoms with Crippen LogP contribution >= 0.6 is 0 Å². The molecule has 0 atom stereocenters. The Kier molecular flexibility index (Phi) is 4.03. The summed E-state index contributed by atoms with van der Waals surface area (Å²) in [5.74, 6) is 0.0291. The van der Waals surface area contributed by atoms with E-state index in [0.29, 0.717) is 6.54 Å². The summed E-state index contributed by atoms with van der Waals surface area (Å²) in [6, 6.07) is 10.1. The molecule has 0 spiro atoms. The summed E-state index contributed by atoms with van der Waals surface area (Å²) in [6.45, 7) is 2.24. The van der Waals surface area contributed by atoms with Crippen molar-refractivity contribution < 1.29 is 4.79 Å². The summed E-state index contributed by atoms with van der Waals surface area (Å²) in [5, 5.41) is 2.75. The van der Waals surface area contributed by atoms with Crippen molar-refractivity contribution in [2.45, 2.75) is 13.3 Å². The van der Waals surface area contributed by atoms with Crippen molar-refractivity contribution in [3.05, 3.63) is 42.3 Å². The minimum atomic E-state index is 0.0291. The van der Waals surface area contributed by atoms with Crippen molar-refractivity contribution >= 4 is 5.91 Å². The Hall–Kier alpha value is -1.31. The predicted octanol–water partition coefficient (Wildman–Crippen LogP) is 1.77. The third-order valence-corrected chi connectivity index (χ3v) is 1.70.